The fourth-order valence-electron chi connectivity index (χ4n) is 4.39. The molecular weight excluding hydrogens is 508 g/mol. The zero-order valence-corrected chi connectivity index (χ0v) is 24.9. The van der Waals surface area contributed by atoms with Crippen LogP contribution in [0.3, 0.4) is 0 Å². The summed E-state index contributed by atoms with van der Waals surface area (Å²) in [4.78, 5) is 13.6. The maximum atomic E-state index is 13.6. The molecule has 1 heterocycles. The maximum absolute atomic E-state index is 13.6. The molecule has 0 fully saturated rings. The Morgan fingerprint density at radius 3 is 2.62 bits per heavy atom. The van der Waals surface area contributed by atoms with E-state index < -0.39 is 6.23 Å². The van der Waals surface area contributed by atoms with Gasteiger partial charge in [0.1, 0.15) is 5.70 Å². The fourth-order valence-corrected chi connectivity index (χ4v) is 4.39. The molecule has 1 aliphatic heterocycles. The van der Waals surface area contributed by atoms with Crippen molar-refractivity contribution in [1.29, 1.82) is 5.41 Å². The first-order valence-electron chi connectivity index (χ1n) is 13.5. The van der Waals surface area contributed by atoms with Crippen LogP contribution in [0.2, 0.25) is 0 Å². The van der Waals surface area contributed by atoms with Crippen LogP contribution >= 0.6 is 0 Å². The average molecular weight is 555 g/mol. The zero-order valence-electron chi connectivity index (χ0n) is 24.9. The van der Waals surface area contributed by atoms with E-state index in [2.05, 4.69) is 64.5 Å². The van der Waals surface area contributed by atoms with E-state index in [0.29, 0.717) is 41.4 Å². The van der Waals surface area contributed by atoms with E-state index in [9.17, 15) is 9.90 Å². The fraction of sp³-hybridized carbons (Fsp3) is 0.483. The normalized spacial score (nSPS) is 18.8. The van der Waals surface area contributed by atoms with Gasteiger partial charge in [-0.05, 0) is 41.0 Å². The molecule has 0 bridgehead atoms. The predicted octanol–water partition coefficient (Wildman–Crippen LogP) is 2.11. The zero-order chi connectivity index (χ0) is 29.8. The molecule has 9 N–H and O–H groups in total. The van der Waals surface area contributed by atoms with Crippen LogP contribution in [0.15, 0.2) is 47.5 Å². The molecule has 0 radical (unpaired) electrons. The Kier molecular flexibility index (Phi) is 9.44. The molecule has 2 aliphatic rings. The number of anilines is 1. The third-order valence-electron chi connectivity index (χ3n) is 6.79. The highest BCUT2D eigenvalue weighted by Crippen LogP contribution is 2.40. The number of carbonyl (C=O) groups excluding carboxylic acids is 1. The Labute approximate surface area is 237 Å². The second kappa shape index (κ2) is 12.2. The molecule has 2 unspecified atom stereocenters. The standard InChI is InChI=1S/C29H44N8O3/c1-18-9-10-19(11-23(18)37-14-22(34-35-37)27(39)32-15-28(2,3)4)26(38)33-21-12-20(29(5,6)7)13-24(25(21)40-8)36(16-30)17-31/h10-14,16-18,27,30-32,34-35,39H,9,15H2,1-8H3,(H,33,38)/p+2. The van der Waals surface area contributed by atoms with Gasteiger partial charge in [0.2, 0.25) is 6.34 Å². The van der Waals surface area contributed by atoms with Gasteiger partial charge < -0.3 is 20.9 Å². The van der Waals surface area contributed by atoms with Crippen molar-refractivity contribution in [3.8, 4) is 5.75 Å². The molecular formula is C29H46N8O3+2. The smallest absolute Gasteiger partial charge is 0.255 e. The van der Waals surface area contributed by atoms with Crippen molar-refractivity contribution in [3.63, 3.8) is 0 Å². The topological polar surface area (TPSA) is 155 Å². The molecule has 1 aliphatic carbocycles. The van der Waals surface area contributed by atoms with E-state index in [4.69, 9.17) is 15.9 Å². The Hall–Kier alpha value is -3.67. The molecule has 218 valence electrons. The number of nitrogens with zero attached hydrogens (tertiary/aromatic N) is 2. The second-order valence-electron chi connectivity index (χ2n) is 12.4. The third kappa shape index (κ3) is 7.29. The van der Waals surface area contributed by atoms with Crippen LogP contribution in [0.5, 0.6) is 5.75 Å². The molecule has 40 heavy (non-hydrogen) atoms. The number of methoxy groups -OCH3 is 1. The summed E-state index contributed by atoms with van der Waals surface area (Å²) in [6.45, 7) is 15.3. The molecule has 2 atom stereocenters. The van der Waals surface area contributed by atoms with Gasteiger partial charge in [-0.3, -0.25) is 10.1 Å². The number of allylic oxidation sites excluding steroid dienone is 2. The lowest BCUT2D eigenvalue weighted by Gasteiger charge is -2.25. The number of rotatable bonds is 9. The van der Waals surface area contributed by atoms with Crippen LogP contribution in [0.25, 0.3) is 0 Å². The summed E-state index contributed by atoms with van der Waals surface area (Å²) in [5.74, 6) is 0.291. The van der Waals surface area contributed by atoms with E-state index in [-0.39, 0.29) is 22.7 Å². The molecule has 3 rings (SSSR count). The SMILES string of the molecule is COc1c(NC(=O)C2=CCC(C)C(N3C=C(C(O)NCC(C)(C)C)N[NH2+]3)=C2)cc(C(C)(C)C)cc1[N+](C=N)=CN. The first-order chi connectivity index (χ1) is 18.7. The molecule has 11 nitrogen and oxygen atoms in total. The van der Waals surface area contributed by atoms with E-state index in [1.807, 2.05) is 35.5 Å². The van der Waals surface area contributed by atoms with Crippen LogP contribution in [0, 0.1) is 16.7 Å². The predicted molar refractivity (Wildman–Crippen MR) is 158 cm³/mol. The van der Waals surface area contributed by atoms with Crippen LogP contribution < -0.4 is 32.1 Å². The Morgan fingerprint density at radius 1 is 1.35 bits per heavy atom. The van der Waals surface area contributed by atoms with Gasteiger partial charge in [0.25, 0.3) is 5.91 Å². The number of hydrogen-bond acceptors (Lipinski definition) is 7. The van der Waals surface area contributed by atoms with E-state index in [1.54, 1.807) is 5.53 Å². The molecule has 1 aromatic rings. The number of carbonyl (C=O) groups is 1. The molecule has 1 aromatic carbocycles. The summed E-state index contributed by atoms with van der Waals surface area (Å²) in [5, 5.41) is 26.5. The van der Waals surface area contributed by atoms with Crippen LogP contribution in [-0.4, -0.2) is 53.2 Å². The quantitative estimate of drug-likeness (QED) is 0.0811. The highest BCUT2D eigenvalue weighted by atomic mass is 16.5. The summed E-state index contributed by atoms with van der Waals surface area (Å²) < 4.78 is 7.12. The number of nitrogens with one attached hydrogen (secondary N) is 4. The molecule has 1 amide bonds. The van der Waals surface area contributed by atoms with Gasteiger partial charge in [-0.1, -0.05) is 54.5 Å². The summed E-state index contributed by atoms with van der Waals surface area (Å²) in [6.07, 6.45) is 7.86. The summed E-state index contributed by atoms with van der Waals surface area (Å²) in [7, 11) is 1.52. The average Bonchev–Trinajstić information content (AvgIpc) is 3.37. The van der Waals surface area contributed by atoms with Crippen molar-refractivity contribution < 1.29 is 24.7 Å². The second-order valence-corrected chi connectivity index (χ2v) is 12.4. The minimum Gasteiger partial charge on any atom is -0.491 e. The number of aliphatic hydroxyl groups is 1. The van der Waals surface area contributed by atoms with E-state index in [1.165, 1.54) is 18.0 Å². The third-order valence-corrected chi connectivity index (χ3v) is 6.79. The minimum atomic E-state index is -0.832. The highest BCUT2D eigenvalue weighted by Gasteiger charge is 2.30. The van der Waals surface area contributed by atoms with E-state index in [0.717, 1.165) is 17.6 Å². The largest absolute Gasteiger partial charge is 0.491 e. The first kappa shape index (κ1) is 30.9. The summed E-state index contributed by atoms with van der Waals surface area (Å²) in [6, 6.07) is 3.81. The number of hydrogen-bond donors (Lipinski definition) is 7. The van der Waals surface area contributed by atoms with Crippen molar-refractivity contribution in [2.24, 2.45) is 17.1 Å². The van der Waals surface area contributed by atoms with Crippen LogP contribution in [0.1, 0.15) is 60.5 Å². The molecule has 11 heteroatoms. The Bertz CT molecular complexity index is 1250. The van der Waals surface area contributed by atoms with Crippen LogP contribution in [-0.2, 0) is 10.2 Å². The van der Waals surface area contributed by atoms with Gasteiger partial charge in [0.15, 0.2) is 24.0 Å². The van der Waals surface area contributed by atoms with Crippen molar-refractivity contribution in [2.45, 2.75) is 66.5 Å². The maximum Gasteiger partial charge on any atom is 0.255 e. The van der Waals surface area contributed by atoms with Crippen molar-refractivity contribution in [3.05, 3.63) is 53.0 Å². The van der Waals surface area contributed by atoms with Crippen molar-refractivity contribution >= 4 is 30.0 Å². The molecule has 0 spiro atoms. The lowest BCUT2D eigenvalue weighted by atomic mass is 9.86. The molecule has 0 saturated carbocycles. The molecule has 0 aromatic heterocycles. The number of nitrogens with two attached hydrogens (primary N) is 2. The lowest BCUT2D eigenvalue weighted by molar-refractivity contribution is -0.816. The number of quaternary nitrogens is 1. The van der Waals surface area contributed by atoms with Gasteiger partial charge in [0.05, 0.1) is 24.7 Å². The van der Waals surface area contributed by atoms with Gasteiger partial charge in [0, 0.05) is 18.0 Å². The van der Waals surface area contributed by atoms with Crippen molar-refractivity contribution in [2.75, 3.05) is 19.0 Å². The van der Waals surface area contributed by atoms with Gasteiger partial charge in [-0.15, -0.1) is 5.53 Å². The van der Waals surface area contributed by atoms with Gasteiger partial charge in [-0.2, -0.15) is 10.4 Å². The number of amides is 1. The van der Waals surface area contributed by atoms with Crippen molar-refractivity contribution in [1.82, 2.24) is 15.8 Å². The number of ether oxygens (including phenoxy) is 1. The van der Waals surface area contributed by atoms with Gasteiger partial charge >= 0.3 is 0 Å². The van der Waals surface area contributed by atoms with Gasteiger partial charge in [-0.25, -0.2) is 10.0 Å². The lowest BCUT2D eigenvalue weighted by Crippen LogP contribution is -2.97. The Balaban J connectivity index is 1.89. The number of aliphatic hydroxyl groups excluding tert-OH is 1. The minimum absolute atomic E-state index is 0.0349. The Morgan fingerprint density at radius 2 is 2.05 bits per heavy atom. The van der Waals surface area contributed by atoms with E-state index >= 15 is 0 Å². The van der Waals surface area contributed by atoms with Crippen LogP contribution in [0.4, 0.5) is 11.4 Å². The molecule has 0 saturated heterocycles. The first-order valence-corrected chi connectivity index (χ1v) is 13.5. The number of benzene rings is 1. The summed E-state index contributed by atoms with van der Waals surface area (Å²) in [5.41, 5.74) is 14.6. The monoisotopic (exact) mass is 554 g/mol. The summed E-state index contributed by atoms with van der Waals surface area (Å²) >= 11 is 0. The highest BCUT2D eigenvalue weighted by molar-refractivity contribution is 6.07.